The number of anilines is 1. The maximum Gasteiger partial charge on any atom is 0.167 e. The highest BCUT2D eigenvalue weighted by molar-refractivity contribution is 5.74. The van der Waals surface area contributed by atoms with Crippen molar-refractivity contribution in [3.8, 4) is 0 Å². The van der Waals surface area contributed by atoms with E-state index in [1.165, 1.54) is 0 Å². The van der Waals surface area contributed by atoms with Gasteiger partial charge in [-0.15, -0.1) is 5.10 Å². The minimum atomic E-state index is -0.293. The molecule has 1 N–H and O–H groups in total. The summed E-state index contributed by atoms with van der Waals surface area (Å²) in [6.45, 7) is 0. The van der Waals surface area contributed by atoms with Crippen LogP contribution in [0.5, 0.6) is 0 Å². The Morgan fingerprint density at radius 1 is 0.826 bits per heavy atom. The van der Waals surface area contributed by atoms with Crippen molar-refractivity contribution in [3.63, 3.8) is 0 Å². The number of hydrogen-bond donors (Lipinski definition) is 1. The van der Waals surface area contributed by atoms with E-state index in [1.54, 1.807) is 12.4 Å². The van der Waals surface area contributed by atoms with Crippen LogP contribution in [0.4, 0.5) is 5.82 Å². The van der Waals surface area contributed by atoms with Crippen LogP contribution in [0.3, 0.4) is 0 Å². The SMILES string of the molecule is c1ccc(NC(c2ccccn2)n2nnc3ccccc32)nc1. The molecule has 1 unspecified atom stereocenters. The molecule has 0 fully saturated rings. The summed E-state index contributed by atoms with van der Waals surface area (Å²) in [4.78, 5) is 8.79. The van der Waals surface area contributed by atoms with Gasteiger partial charge >= 0.3 is 0 Å². The lowest BCUT2D eigenvalue weighted by Crippen LogP contribution is -2.22. The average Bonchev–Trinajstić information content (AvgIpc) is 3.05. The molecule has 112 valence electrons. The Morgan fingerprint density at radius 3 is 2.39 bits per heavy atom. The molecule has 0 saturated heterocycles. The van der Waals surface area contributed by atoms with Gasteiger partial charge in [-0.05, 0) is 36.4 Å². The molecular formula is C17H14N6. The molecule has 0 spiro atoms. The predicted molar refractivity (Wildman–Crippen MR) is 87.8 cm³/mol. The monoisotopic (exact) mass is 302 g/mol. The van der Waals surface area contributed by atoms with Crippen LogP contribution in [0.15, 0.2) is 73.1 Å². The molecule has 0 saturated carbocycles. The second-order valence-corrected chi connectivity index (χ2v) is 5.04. The number of rotatable bonds is 4. The first-order valence-electron chi connectivity index (χ1n) is 7.30. The maximum absolute atomic E-state index is 4.46. The van der Waals surface area contributed by atoms with E-state index in [2.05, 4.69) is 25.6 Å². The molecule has 4 aromatic rings. The molecule has 1 aromatic carbocycles. The van der Waals surface area contributed by atoms with Crippen LogP contribution in [-0.4, -0.2) is 25.0 Å². The fourth-order valence-corrected chi connectivity index (χ4v) is 2.46. The fraction of sp³-hybridized carbons (Fsp3) is 0.0588. The van der Waals surface area contributed by atoms with E-state index >= 15 is 0 Å². The van der Waals surface area contributed by atoms with Crippen LogP contribution < -0.4 is 5.32 Å². The Kier molecular flexibility index (Phi) is 3.40. The first-order valence-corrected chi connectivity index (χ1v) is 7.30. The summed E-state index contributed by atoms with van der Waals surface area (Å²) in [6, 6.07) is 19.4. The third-order valence-corrected chi connectivity index (χ3v) is 3.54. The smallest absolute Gasteiger partial charge is 0.167 e. The Morgan fingerprint density at radius 2 is 1.61 bits per heavy atom. The molecule has 6 nitrogen and oxygen atoms in total. The Hall–Kier alpha value is -3.28. The van der Waals surface area contributed by atoms with Gasteiger partial charge in [0.25, 0.3) is 0 Å². The molecule has 4 rings (SSSR count). The third kappa shape index (κ3) is 2.62. The van der Waals surface area contributed by atoms with Gasteiger partial charge in [0.1, 0.15) is 11.3 Å². The van der Waals surface area contributed by atoms with E-state index in [0.29, 0.717) is 0 Å². The van der Waals surface area contributed by atoms with Gasteiger partial charge in [-0.3, -0.25) is 4.98 Å². The van der Waals surface area contributed by atoms with Crippen LogP contribution in [0.1, 0.15) is 11.9 Å². The highest BCUT2D eigenvalue weighted by Crippen LogP contribution is 2.22. The van der Waals surface area contributed by atoms with Gasteiger partial charge in [0, 0.05) is 12.4 Å². The van der Waals surface area contributed by atoms with Crippen LogP contribution in [0.2, 0.25) is 0 Å². The number of para-hydroxylation sites is 1. The molecule has 0 bridgehead atoms. The Labute approximate surface area is 132 Å². The van der Waals surface area contributed by atoms with Crippen molar-refractivity contribution < 1.29 is 0 Å². The molecule has 1 atom stereocenters. The molecule has 0 aliphatic carbocycles. The molecule has 23 heavy (non-hydrogen) atoms. The van der Waals surface area contributed by atoms with E-state index < -0.39 is 0 Å². The van der Waals surface area contributed by atoms with E-state index in [9.17, 15) is 0 Å². The zero-order valence-corrected chi connectivity index (χ0v) is 12.2. The van der Waals surface area contributed by atoms with Crippen LogP contribution in [-0.2, 0) is 0 Å². The van der Waals surface area contributed by atoms with Crippen molar-refractivity contribution in [3.05, 3.63) is 78.8 Å². The van der Waals surface area contributed by atoms with Crippen molar-refractivity contribution in [2.75, 3.05) is 5.32 Å². The predicted octanol–water partition coefficient (Wildman–Crippen LogP) is 2.88. The first-order chi connectivity index (χ1) is 11.4. The van der Waals surface area contributed by atoms with Crippen molar-refractivity contribution in [1.82, 2.24) is 25.0 Å². The summed E-state index contributed by atoms with van der Waals surface area (Å²) in [6.07, 6.45) is 3.22. The van der Waals surface area contributed by atoms with Crippen molar-refractivity contribution in [2.45, 2.75) is 6.17 Å². The molecule has 0 aliphatic heterocycles. The third-order valence-electron chi connectivity index (χ3n) is 3.54. The van der Waals surface area contributed by atoms with E-state index in [0.717, 1.165) is 22.5 Å². The maximum atomic E-state index is 4.46. The number of fused-ring (bicyclic) bond motifs is 1. The summed E-state index contributed by atoms with van der Waals surface area (Å²) in [5.41, 5.74) is 2.62. The van der Waals surface area contributed by atoms with Gasteiger partial charge in [-0.1, -0.05) is 29.5 Å². The minimum Gasteiger partial charge on any atom is -0.343 e. The fourth-order valence-electron chi connectivity index (χ4n) is 2.46. The number of aromatic nitrogens is 5. The van der Waals surface area contributed by atoms with Crippen molar-refractivity contribution >= 4 is 16.9 Å². The molecular weight excluding hydrogens is 288 g/mol. The summed E-state index contributed by atoms with van der Waals surface area (Å²) in [5.74, 6) is 0.753. The van der Waals surface area contributed by atoms with Crippen molar-refractivity contribution in [2.24, 2.45) is 0 Å². The largest absolute Gasteiger partial charge is 0.343 e. The highest BCUT2D eigenvalue weighted by Gasteiger charge is 2.19. The molecule has 0 aliphatic rings. The zero-order chi connectivity index (χ0) is 15.5. The summed E-state index contributed by atoms with van der Waals surface area (Å²) >= 11 is 0. The number of nitrogens with zero attached hydrogens (tertiary/aromatic N) is 5. The van der Waals surface area contributed by atoms with Gasteiger partial charge in [-0.2, -0.15) is 0 Å². The summed E-state index contributed by atoms with van der Waals surface area (Å²) < 4.78 is 1.83. The van der Waals surface area contributed by atoms with Crippen LogP contribution in [0.25, 0.3) is 11.0 Å². The molecule has 0 radical (unpaired) electrons. The van der Waals surface area contributed by atoms with E-state index in [4.69, 9.17) is 0 Å². The van der Waals surface area contributed by atoms with Gasteiger partial charge in [0.2, 0.25) is 0 Å². The van der Waals surface area contributed by atoms with Crippen molar-refractivity contribution in [1.29, 1.82) is 0 Å². The summed E-state index contributed by atoms with van der Waals surface area (Å²) in [7, 11) is 0. The second-order valence-electron chi connectivity index (χ2n) is 5.04. The number of benzene rings is 1. The molecule has 6 heteroatoms. The number of pyridine rings is 2. The van der Waals surface area contributed by atoms with Gasteiger partial charge in [-0.25, -0.2) is 9.67 Å². The lowest BCUT2D eigenvalue weighted by molar-refractivity contribution is 0.557. The Balaban J connectivity index is 1.82. The van der Waals surface area contributed by atoms with Crippen LogP contribution in [0, 0.1) is 0 Å². The first kappa shape index (κ1) is 13.4. The second kappa shape index (κ2) is 5.84. The highest BCUT2D eigenvalue weighted by atomic mass is 15.5. The molecule has 3 heterocycles. The topological polar surface area (TPSA) is 68.5 Å². The number of hydrogen-bond acceptors (Lipinski definition) is 5. The standard InChI is InChI=1S/C17H14N6/c1-2-9-15-13(7-1)21-22-23(15)17(14-8-3-5-11-18-14)20-16-10-4-6-12-19-16/h1-12,17H,(H,19,20). The van der Waals surface area contributed by atoms with Gasteiger partial charge in [0.15, 0.2) is 6.17 Å². The quantitative estimate of drug-likeness (QED) is 0.628. The van der Waals surface area contributed by atoms with Gasteiger partial charge in [0.05, 0.1) is 11.2 Å². The average molecular weight is 302 g/mol. The number of nitrogens with one attached hydrogen (secondary N) is 1. The lowest BCUT2D eigenvalue weighted by Gasteiger charge is -2.19. The zero-order valence-electron chi connectivity index (χ0n) is 12.2. The normalized spacial score (nSPS) is 12.2. The molecule has 0 amide bonds. The van der Waals surface area contributed by atoms with Gasteiger partial charge < -0.3 is 5.32 Å². The Bertz CT molecular complexity index is 904. The minimum absolute atomic E-state index is 0.293. The molecule has 3 aromatic heterocycles. The van der Waals surface area contributed by atoms with E-state index in [1.807, 2.05) is 65.3 Å². The van der Waals surface area contributed by atoms with Crippen LogP contribution >= 0.6 is 0 Å². The van der Waals surface area contributed by atoms with E-state index in [-0.39, 0.29) is 6.17 Å². The lowest BCUT2D eigenvalue weighted by atomic mass is 10.2. The summed E-state index contributed by atoms with van der Waals surface area (Å²) in [5, 5.41) is 11.9.